The van der Waals surface area contributed by atoms with Crippen molar-refractivity contribution < 1.29 is 24.5 Å². The highest BCUT2D eigenvalue weighted by molar-refractivity contribution is 5.97. The first-order chi connectivity index (χ1) is 12.9. The van der Waals surface area contributed by atoms with Gasteiger partial charge in [-0.1, -0.05) is 18.2 Å². The second-order valence-electron chi connectivity index (χ2n) is 6.50. The minimum Gasteiger partial charge on any atom is -0.508 e. The van der Waals surface area contributed by atoms with Crippen LogP contribution in [0.3, 0.4) is 0 Å². The Morgan fingerprint density at radius 3 is 2.52 bits per heavy atom. The van der Waals surface area contributed by atoms with Crippen molar-refractivity contribution in [2.75, 3.05) is 11.5 Å². The maximum absolute atomic E-state index is 12.6. The average Bonchev–Trinajstić information content (AvgIpc) is 2.95. The average molecular weight is 362 g/mol. The van der Waals surface area contributed by atoms with Crippen LogP contribution in [0.4, 0.5) is 11.4 Å². The SMILES string of the molecule is Nc1cc2c(c(N)c1O)Oc1cc(O)ccc1C21OC(=O)c2ccccc21. The number of nitrogen functional groups attached to an aromatic ring is 2. The summed E-state index contributed by atoms with van der Waals surface area (Å²) in [6, 6.07) is 13.0. The zero-order chi connectivity index (χ0) is 18.9. The third-order valence-corrected chi connectivity index (χ3v) is 5.03. The van der Waals surface area contributed by atoms with E-state index in [1.807, 2.05) is 0 Å². The first-order valence-corrected chi connectivity index (χ1v) is 8.19. The van der Waals surface area contributed by atoms with E-state index < -0.39 is 11.6 Å². The van der Waals surface area contributed by atoms with Gasteiger partial charge in [0.1, 0.15) is 17.2 Å². The lowest BCUT2D eigenvalue weighted by Crippen LogP contribution is -2.33. The monoisotopic (exact) mass is 362 g/mol. The number of hydrogen-bond acceptors (Lipinski definition) is 7. The van der Waals surface area contributed by atoms with Crippen LogP contribution in [0, 0.1) is 0 Å². The zero-order valence-corrected chi connectivity index (χ0v) is 13.9. The number of rotatable bonds is 0. The van der Waals surface area contributed by atoms with Crippen LogP contribution in [0.1, 0.15) is 27.0 Å². The van der Waals surface area contributed by atoms with Crippen molar-refractivity contribution in [2.45, 2.75) is 5.60 Å². The molecule has 7 nitrogen and oxygen atoms in total. The van der Waals surface area contributed by atoms with Crippen LogP contribution in [0.2, 0.25) is 0 Å². The number of esters is 1. The normalized spacial score (nSPS) is 19.0. The number of fused-ring (bicyclic) bond motifs is 6. The van der Waals surface area contributed by atoms with Gasteiger partial charge >= 0.3 is 5.97 Å². The lowest BCUT2D eigenvalue weighted by Gasteiger charge is -2.37. The Morgan fingerprint density at radius 2 is 1.70 bits per heavy atom. The van der Waals surface area contributed by atoms with Gasteiger partial charge in [-0.15, -0.1) is 0 Å². The number of carbonyl (C=O) groups is 1. The Bertz CT molecular complexity index is 1160. The molecule has 3 aromatic rings. The minimum atomic E-state index is -1.35. The second kappa shape index (κ2) is 4.85. The molecule has 2 aliphatic heterocycles. The molecule has 0 aliphatic carbocycles. The summed E-state index contributed by atoms with van der Waals surface area (Å²) in [6.07, 6.45) is 0. The molecule has 1 atom stereocenters. The number of phenolic OH excluding ortho intramolecular Hbond substituents is 2. The molecule has 6 N–H and O–H groups in total. The second-order valence-corrected chi connectivity index (χ2v) is 6.50. The third kappa shape index (κ3) is 1.77. The summed E-state index contributed by atoms with van der Waals surface area (Å²) < 4.78 is 11.8. The fourth-order valence-electron chi connectivity index (χ4n) is 3.83. The smallest absolute Gasteiger partial charge is 0.340 e. The number of anilines is 2. The molecule has 0 radical (unpaired) electrons. The van der Waals surface area contributed by atoms with E-state index in [9.17, 15) is 15.0 Å². The molecule has 7 heteroatoms. The molecule has 0 saturated carbocycles. The summed E-state index contributed by atoms with van der Waals surface area (Å²) in [5.74, 6) is -0.442. The Balaban J connectivity index is 1.95. The van der Waals surface area contributed by atoms with Crippen LogP contribution in [0.15, 0.2) is 48.5 Å². The minimum absolute atomic E-state index is 0.0248. The number of benzene rings is 3. The molecule has 0 fully saturated rings. The molecule has 27 heavy (non-hydrogen) atoms. The van der Waals surface area contributed by atoms with E-state index in [1.54, 1.807) is 30.3 Å². The fourth-order valence-corrected chi connectivity index (χ4v) is 3.83. The van der Waals surface area contributed by atoms with Crippen molar-refractivity contribution in [3.05, 3.63) is 70.8 Å². The molecule has 134 valence electrons. The largest absolute Gasteiger partial charge is 0.508 e. The molecule has 5 rings (SSSR count). The van der Waals surface area contributed by atoms with Crippen molar-refractivity contribution >= 4 is 17.3 Å². The Kier molecular flexibility index (Phi) is 2.77. The Morgan fingerprint density at radius 1 is 0.926 bits per heavy atom. The van der Waals surface area contributed by atoms with Gasteiger partial charge in [0, 0.05) is 17.2 Å². The van der Waals surface area contributed by atoms with E-state index in [2.05, 4.69) is 0 Å². The maximum atomic E-state index is 12.6. The van der Waals surface area contributed by atoms with E-state index in [1.165, 1.54) is 18.2 Å². The highest BCUT2D eigenvalue weighted by Gasteiger charge is 2.54. The molecule has 0 bridgehead atoms. The number of carbonyl (C=O) groups excluding carboxylic acids is 1. The number of nitrogens with two attached hydrogens (primary N) is 2. The number of phenols is 2. The molecule has 3 aromatic carbocycles. The van der Waals surface area contributed by atoms with Crippen molar-refractivity contribution in [1.29, 1.82) is 0 Å². The molecule has 2 aliphatic rings. The fraction of sp³-hybridized carbons (Fsp3) is 0.0500. The molecule has 0 aromatic heterocycles. The van der Waals surface area contributed by atoms with Gasteiger partial charge in [0.05, 0.1) is 16.8 Å². The van der Waals surface area contributed by atoms with E-state index in [-0.39, 0.29) is 34.4 Å². The quantitative estimate of drug-likeness (QED) is 0.275. The van der Waals surface area contributed by atoms with E-state index >= 15 is 0 Å². The van der Waals surface area contributed by atoms with Crippen LogP contribution in [-0.2, 0) is 10.3 Å². The molecular formula is C20H14N2O5. The van der Waals surface area contributed by atoms with Gasteiger partial charge in [-0.2, -0.15) is 0 Å². The number of ether oxygens (including phenoxy) is 2. The van der Waals surface area contributed by atoms with Gasteiger partial charge in [0.25, 0.3) is 0 Å². The van der Waals surface area contributed by atoms with E-state index in [0.717, 1.165) is 0 Å². The molecule has 0 amide bonds. The third-order valence-electron chi connectivity index (χ3n) is 5.03. The van der Waals surface area contributed by atoms with Gasteiger partial charge in [-0.05, 0) is 24.3 Å². The Labute approximate surface area is 153 Å². The summed E-state index contributed by atoms with van der Waals surface area (Å²) >= 11 is 0. The lowest BCUT2D eigenvalue weighted by atomic mass is 9.77. The van der Waals surface area contributed by atoms with Gasteiger partial charge in [-0.3, -0.25) is 0 Å². The lowest BCUT2D eigenvalue weighted by molar-refractivity contribution is 0.0224. The maximum Gasteiger partial charge on any atom is 0.340 e. The zero-order valence-electron chi connectivity index (χ0n) is 13.9. The summed E-state index contributed by atoms with van der Waals surface area (Å²) in [5, 5.41) is 20.1. The summed E-state index contributed by atoms with van der Waals surface area (Å²) in [4.78, 5) is 12.6. The molecule has 1 spiro atoms. The van der Waals surface area contributed by atoms with Crippen LogP contribution in [0.25, 0.3) is 0 Å². The predicted octanol–water partition coefficient (Wildman–Crippen LogP) is 2.83. The topological polar surface area (TPSA) is 128 Å². The molecule has 1 unspecified atom stereocenters. The molecule has 2 heterocycles. The first-order valence-electron chi connectivity index (χ1n) is 8.19. The van der Waals surface area contributed by atoms with Crippen molar-refractivity contribution in [3.8, 4) is 23.0 Å². The van der Waals surface area contributed by atoms with Crippen LogP contribution in [-0.4, -0.2) is 16.2 Å². The highest BCUT2D eigenvalue weighted by Crippen LogP contribution is 2.59. The summed E-state index contributed by atoms with van der Waals surface area (Å²) in [7, 11) is 0. The van der Waals surface area contributed by atoms with Crippen LogP contribution >= 0.6 is 0 Å². The first kappa shape index (κ1) is 15.4. The van der Waals surface area contributed by atoms with Crippen LogP contribution in [0.5, 0.6) is 23.0 Å². The van der Waals surface area contributed by atoms with Gasteiger partial charge in [-0.25, -0.2) is 4.79 Å². The van der Waals surface area contributed by atoms with E-state index in [0.29, 0.717) is 22.3 Å². The molecular weight excluding hydrogens is 348 g/mol. The highest BCUT2D eigenvalue weighted by atomic mass is 16.6. The van der Waals surface area contributed by atoms with Gasteiger partial charge < -0.3 is 31.2 Å². The summed E-state index contributed by atoms with van der Waals surface area (Å²) in [6.45, 7) is 0. The predicted molar refractivity (Wildman–Crippen MR) is 96.9 cm³/mol. The standard InChI is InChI=1S/C20H14N2O5/c21-14-8-13-18(16(22)17(14)24)26-15-7-9(23)5-6-12(15)20(13)11-4-2-1-3-10(11)19(25)27-20/h1-8,23-24H,21-22H2. The van der Waals surface area contributed by atoms with Crippen LogP contribution < -0.4 is 16.2 Å². The van der Waals surface area contributed by atoms with Gasteiger partial charge in [0.15, 0.2) is 17.1 Å². The van der Waals surface area contributed by atoms with Crippen molar-refractivity contribution in [3.63, 3.8) is 0 Å². The number of hydrogen-bond donors (Lipinski definition) is 4. The Hall–Kier alpha value is -3.87. The van der Waals surface area contributed by atoms with Crippen molar-refractivity contribution in [1.82, 2.24) is 0 Å². The van der Waals surface area contributed by atoms with Gasteiger partial charge in [0.2, 0.25) is 0 Å². The van der Waals surface area contributed by atoms with Crippen molar-refractivity contribution in [2.24, 2.45) is 0 Å². The summed E-state index contributed by atoms with van der Waals surface area (Å²) in [5.41, 5.74) is 12.5. The van der Waals surface area contributed by atoms with E-state index in [4.69, 9.17) is 20.9 Å². The molecule has 0 saturated heterocycles. The number of aromatic hydroxyl groups is 2.